The molecule has 102 valence electrons. The molecular weight excluding hydrogens is 242 g/mol. The minimum atomic E-state index is -0.201. The second-order valence-electron chi connectivity index (χ2n) is 4.90. The summed E-state index contributed by atoms with van der Waals surface area (Å²) >= 11 is 0. The molecule has 0 saturated carbocycles. The van der Waals surface area contributed by atoms with Crippen LogP contribution < -0.4 is 0 Å². The van der Waals surface area contributed by atoms with Crippen LogP contribution in [0.1, 0.15) is 18.4 Å². The topological polar surface area (TPSA) is 46.6 Å². The van der Waals surface area contributed by atoms with Gasteiger partial charge in [-0.05, 0) is 31.5 Å². The molecule has 19 heavy (non-hydrogen) atoms. The van der Waals surface area contributed by atoms with E-state index in [1.807, 2.05) is 35.2 Å². The van der Waals surface area contributed by atoms with Crippen molar-refractivity contribution in [2.45, 2.75) is 19.4 Å². The van der Waals surface area contributed by atoms with Gasteiger partial charge >= 0.3 is 5.97 Å². The number of esters is 1. The highest BCUT2D eigenvalue weighted by molar-refractivity contribution is 5.71. The minimum Gasteiger partial charge on any atom is -0.460 e. The second kappa shape index (κ2) is 7.04. The lowest BCUT2D eigenvalue weighted by molar-refractivity contribution is -0.146. The van der Waals surface area contributed by atoms with Gasteiger partial charge in [-0.25, -0.2) is 0 Å². The van der Waals surface area contributed by atoms with Crippen molar-refractivity contribution in [1.82, 2.24) is 4.90 Å². The van der Waals surface area contributed by atoms with Crippen LogP contribution in [0.5, 0.6) is 0 Å². The fourth-order valence-electron chi connectivity index (χ4n) is 2.21. The molecule has 4 heteroatoms. The molecule has 0 spiro atoms. The van der Waals surface area contributed by atoms with Gasteiger partial charge in [0.15, 0.2) is 0 Å². The zero-order valence-electron chi connectivity index (χ0n) is 11.0. The number of likely N-dealkylation sites (tertiary alicyclic amines) is 1. The van der Waals surface area contributed by atoms with Gasteiger partial charge in [-0.3, -0.25) is 9.69 Å². The Balaban J connectivity index is 1.69. The van der Waals surface area contributed by atoms with E-state index in [2.05, 4.69) is 0 Å². The first kappa shape index (κ1) is 13.7. The number of piperidine rings is 1. The van der Waals surface area contributed by atoms with Gasteiger partial charge < -0.3 is 9.53 Å². The molecule has 2 rings (SSSR count). The Morgan fingerprint density at radius 3 is 2.58 bits per heavy atom. The predicted molar refractivity (Wildman–Crippen MR) is 71.5 cm³/mol. The summed E-state index contributed by atoms with van der Waals surface area (Å²) in [4.78, 5) is 24.4. The number of rotatable bonds is 5. The van der Waals surface area contributed by atoms with E-state index in [0.717, 1.165) is 37.8 Å². The fourth-order valence-corrected chi connectivity index (χ4v) is 2.21. The Kier molecular flexibility index (Phi) is 5.10. The SMILES string of the molecule is O=CC1CCN(CC(=O)OCc2ccccc2)CC1. The number of nitrogens with zero attached hydrogens (tertiary/aromatic N) is 1. The van der Waals surface area contributed by atoms with Crippen molar-refractivity contribution in [2.24, 2.45) is 5.92 Å². The highest BCUT2D eigenvalue weighted by Gasteiger charge is 2.20. The van der Waals surface area contributed by atoms with Gasteiger partial charge in [0.1, 0.15) is 12.9 Å². The van der Waals surface area contributed by atoms with Crippen molar-refractivity contribution in [1.29, 1.82) is 0 Å². The van der Waals surface area contributed by atoms with E-state index in [-0.39, 0.29) is 11.9 Å². The summed E-state index contributed by atoms with van der Waals surface area (Å²) in [6.45, 7) is 2.23. The first-order chi connectivity index (χ1) is 9.28. The number of hydrogen-bond acceptors (Lipinski definition) is 4. The first-order valence-corrected chi connectivity index (χ1v) is 6.65. The molecule has 1 aromatic rings. The van der Waals surface area contributed by atoms with Gasteiger partial charge in [0, 0.05) is 5.92 Å². The number of ether oxygens (including phenoxy) is 1. The standard InChI is InChI=1S/C15H19NO3/c17-11-13-6-8-16(9-7-13)10-15(18)19-12-14-4-2-1-3-5-14/h1-5,11,13H,6-10,12H2. The molecule has 1 aliphatic heterocycles. The third kappa shape index (κ3) is 4.48. The maximum absolute atomic E-state index is 11.7. The zero-order chi connectivity index (χ0) is 13.5. The van der Waals surface area contributed by atoms with Gasteiger partial charge in [-0.1, -0.05) is 30.3 Å². The quantitative estimate of drug-likeness (QED) is 0.597. The van der Waals surface area contributed by atoms with Crippen molar-refractivity contribution in [3.05, 3.63) is 35.9 Å². The first-order valence-electron chi connectivity index (χ1n) is 6.65. The van der Waals surface area contributed by atoms with E-state index >= 15 is 0 Å². The summed E-state index contributed by atoms with van der Waals surface area (Å²) < 4.78 is 5.23. The molecule has 0 bridgehead atoms. The normalized spacial score (nSPS) is 17.1. The molecule has 1 aromatic carbocycles. The van der Waals surface area contributed by atoms with E-state index in [4.69, 9.17) is 4.74 Å². The summed E-state index contributed by atoms with van der Waals surface area (Å²) in [7, 11) is 0. The highest BCUT2D eigenvalue weighted by Crippen LogP contribution is 2.14. The van der Waals surface area contributed by atoms with Gasteiger partial charge in [0.05, 0.1) is 6.54 Å². The summed E-state index contributed by atoms with van der Waals surface area (Å²) in [5.74, 6) is -0.0370. The molecule has 1 heterocycles. The van der Waals surface area contributed by atoms with Crippen molar-refractivity contribution in [3.8, 4) is 0 Å². The Labute approximate surface area is 113 Å². The summed E-state index contributed by atoms with van der Waals surface area (Å²) in [5, 5.41) is 0. The molecule has 4 nitrogen and oxygen atoms in total. The molecule has 0 aromatic heterocycles. The van der Waals surface area contributed by atoms with Crippen molar-refractivity contribution >= 4 is 12.3 Å². The number of aldehydes is 1. The van der Waals surface area contributed by atoms with Crippen LogP contribution >= 0.6 is 0 Å². The van der Waals surface area contributed by atoms with Crippen LogP contribution in [-0.4, -0.2) is 36.8 Å². The number of hydrogen-bond donors (Lipinski definition) is 0. The van der Waals surface area contributed by atoms with Crippen LogP contribution in [0.25, 0.3) is 0 Å². The number of benzene rings is 1. The number of carbonyl (C=O) groups excluding carboxylic acids is 2. The molecule has 0 unspecified atom stereocenters. The van der Waals surface area contributed by atoms with Crippen LogP contribution in [0.3, 0.4) is 0 Å². The maximum Gasteiger partial charge on any atom is 0.320 e. The molecule has 1 aliphatic rings. The lowest BCUT2D eigenvalue weighted by Crippen LogP contribution is -2.38. The van der Waals surface area contributed by atoms with E-state index < -0.39 is 0 Å². The molecule has 0 atom stereocenters. The Bertz CT molecular complexity index is 411. The monoisotopic (exact) mass is 261 g/mol. The van der Waals surface area contributed by atoms with E-state index in [0.29, 0.717) is 13.2 Å². The highest BCUT2D eigenvalue weighted by atomic mass is 16.5. The molecule has 0 radical (unpaired) electrons. The minimum absolute atomic E-state index is 0.164. The molecule has 1 saturated heterocycles. The lowest BCUT2D eigenvalue weighted by atomic mass is 9.99. The van der Waals surface area contributed by atoms with Crippen LogP contribution in [0.2, 0.25) is 0 Å². The van der Waals surface area contributed by atoms with Crippen LogP contribution in [0.15, 0.2) is 30.3 Å². The molecule has 1 fully saturated rings. The molecule has 0 N–H and O–H groups in total. The van der Waals surface area contributed by atoms with Gasteiger partial charge in [-0.15, -0.1) is 0 Å². The maximum atomic E-state index is 11.7. The third-order valence-electron chi connectivity index (χ3n) is 3.42. The molecular formula is C15H19NO3. The lowest BCUT2D eigenvalue weighted by Gasteiger charge is -2.28. The molecule has 0 aliphatic carbocycles. The van der Waals surface area contributed by atoms with Gasteiger partial charge in [0.25, 0.3) is 0 Å². The van der Waals surface area contributed by atoms with Crippen molar-refractivity contribution < 1.29 is 14.3 Å². The average molecular weight is 261 g/mol. The van der Waals surface area contributed by atoms with E-state index in [1.54, 1.807) is 0 Å². The Morgan fingerprint density at radius 1 is 1.26 bits per heavy atom. The largest absolute Gasteiger partial charge is 0.460 e. The second-order valence-corrected chi connectivity index (χ2v) is 4.90. The van der Waals surface area contributed by atoms with E-state index in [1.165, 1.54) is 0 Å². The third-order valence-corrected chi connectivity index (χ3v) is 3.42. The van der Waals surface area contributed by atoms with Crippen LogP contribution in [0.4, 0.5) is 0 Å². The Morgan fingerprint density at radius 2 is 1.95 bits per heavy atom. The van der Waals surface area contributed by atoms with Gasteiger partial charge in [-0.2, -0.15) is 0 Å². The van der Waals surface area contributed by atoms with Gasteiger partial charge in [0.2, 0.25) is 0 Å². The summed E-state index contributed by atoms with van der Waals surface area (Å²) in [5.41, 5.74) is 0.996. The smallest absolute Gasteiger partial charge is 0.320 e. The van der Waals surface area contributed by atoms with Crippen molar-refractivity contribution in [3.63, 3.8) is 0 Å². The fraction of sp³-hybridized carbons (Fsp3) is 0.467. The predicted octanol–water partition coefficient (Wildman–Crippen LogP) is 1.64. The zero-order valence-corrected chi connectivity index (χ0v) is 11.0. The summed E-state index contributed by atoms with van der Waals surface area (Å²) in [6, 6.07) is 9.65. The van der Waals surface area contributed by atoms with Crippen LogP contribution in [-0.2, 0) is 20.9 Å². The molecule has 0 amide bonds. The Hall–Kier alpha value is -1.68. The number of carbonyl (C=O) groups is 2. The average Bonchev–Trinajstić information content (AvgIpc) is 2.47. The van der Waals surface area contributed by atoms with E-state index in [9.17, 15) is 9.59 Å². The summed E-state index contributed by atoms with van der Waals surface area (Å²) in [6.07, 6.45) is 2.70. The van der Waals surface area contributed by atoms with Crippen molar-refractivity contribution in [2.75, 3.05) is 19.6 Å². The van der Waals surface area contributed by atoms with Crippen LogP contribution in [0, 0.1) is 5.92 Å².